The monoisotopic (exact) mass is 194 g/mol. The summed E-state index contributed by atoms with van der Waals surface area (Å²) in [6, 6.07) is 2.34. The van der Waals surface area contributed by atoms with Crippen LogP contribution in [0.4, 0.5) is 4.79 Å². The molecule has 2 fully saturated rings. The van der Waals surface area contributed by atoms with E-state index >= 15 is 0 Å². The van der Waals surface area contributed by atoms with Gasteiger partial charge in [-0.1, -0.05) is 12.8 Å². The van der Waals surface area contributed by atoms with Gasteiger partial charge in [-0.25, -0.2) is 4.79 Å². The van der Waals surface area contributed by atoms with E-state index in [0.29, 0.717) is 19.0 Å². The van der Waals surface area contributed by atoms with Gasteiger partial charge in [-0.3, -0.25) is 0 Å². The minimum absolute atomic E-state index is 0.297. The Morgan fingerprint density at radius 2 is 2.07 bits per heavy atom. The van der Waals surface area contributed by atoms with E-state index in [4.69, 9.17) is 10.00 Å². The standard InChI is InChI=1S/C10H14N2O2/c11-7-9-5-6-12(10(13)14-9)8-3-1-2-4-8/h8-9H,1-6H2. The molecule has 76 valence electrons. The molecule has 0 spiro atoms. The maximum Gasteiger partial charge on any atom is 0.411 e. The maximum atomic E-state index is 11.5. The molecule has 0 bridgehead atoms. The number of rotatable bonds is 1. The quantitative estimate of drug-likeness (QED) is 0.638. The van der Waals surface area contributed by atoms with Crippen molar-refractivity contribution in [3.8, 4) is 6.07 Å². The average Bonchev–Trinajstić information content (AvgIpc) is 2.70. The molecule has 1 atom stereocenters. The number of ether oxygens (including phenoxy) is 1. The lowest BCUT2D eigenvalue weighted by atomic mass is 10.1. The van der Waals surface area contributed by atoms with Crippen LogP contribution < -0.4 is 0 Å². The normalized spacial score (nSPS) is 28.6. The molecule has 1 saturated heterocycles. The molecule has 2 aliphatic rings. The van der Waals surface area contributed by atoms with Gasteiger partial charge in [0.1, 0.15) is 6.07 Å². The molecule has 1 aliphatic carbocycles. The number of hydrogen-bond acceptors (Lipinski definition) is 3. The van der Waals surface area contributed by atoms with Crippen LogP contribution in [0.1, 0.15) is 32.1 Å². The summed E-state index contributed by atoms with van der Waals surface area (Å²) in [6.07, 6.45) is 4.42. The Hall–Kier alpha value is -1.24. The first-order valence-corrected chi connectivity index (χ1v) is 5.18. The molecule has 1 amide bonds. The molecule has 1 heterocycles. The smallest absolute Gasteiger partial charge is 0.411 e. The number of carbonyl (C=O) groups is 1. The van der Waals surface area contributed by atoms with Gasteiger partial charge < -0.3 is 9.64 Å². The molecule has 0 aromatic carbocycles. The van der Waals surface area contributed by atoms with Crippen molar-refractivity contribution < 1.29 is 9.53 Å². The summed E-state index contributed by atoms with van der Waals surface area (Å²) in [5, 5.41) is 8.61. The van der Waals surface area contributed by atoms with E-state index < -0.39 is 6.10 Å². The van der Waals surface area contributed by atoms with Crippen molar-refractivity contribution in [3.63, 3.8) is 0 Å². The van der Waals surface area contributed by atoms with E-state index in [1.165, 1.54) is 12.8 Å². The molecule has 1 unspecified atom stereocenters. The third kappa shape index (κ3) is 1.67. The molecule has 2 rings (SSSR count). The fourth-order valence-electron chi connectivity index (χ4n) is 2.23. The van der Waals surface area contributed by atoms with Crippen LogP contribution in [0.25, 0.3) is 0 Å². The molecule has 0 radical (unpaired) electrons. The van der Waals surface area contributed by atoms with Crippen LogP contribution in [0.15, 0.2) is 0 Å². The molecular formula is C10H14N2O2. The fourth-order valence-corrected chi connectivity index (χ4v) is 2.23. The number of carbonyl (C=O) groups excluding carboxylic acids is 1. The zero-order chi connectivity index (χ0) is 9.97. The van der Waals surface area contributed by atoms with Crippen molar-refractivity contribution in [2.75, 3.05) is 6.54 Å². The second kappa shape index (κ2) is 3.87. The number of nitriles is 1. The SMILES string of the molecule is N#CC1CCN(C2CCCC2)C(=O)O1. The van der Waals surface area contributed by atoms with Crippen molar-refractivity contribution in [1.29, 1.82) is 5.26 Å². The maximum absolute atomic E-state index is 11.5. The Balaban J connectivity index is 1.95. The Labute approximate surface area is 83.4 Å². The fraction of sp³-hybridized carbons (Fsp3) is 0.800. The average molecular weight is 194 g/mol. The largest absolute Gasteiger partial charge is 0.431 e. The summed E-state index contributed by atoms with van der Waals surface area (Å²) in [4.78, 5) is 13.3. The first-order valence-electron chi connectivity index (χ1n) is 5.18. The van der Waals surface area contributed by atoms with Crippen LogP contribution in [-0.4, -0.2) is 29.7 Å². The van der Waals surface area contributed by atoms with Crippen LogP contribution >= 0.6 is 0 Å². The van der Waals surface area contributed by atoms with Gasteiger partial charge >= 0.3 is 6.09 Å². The molecule has 14 heavy (non-hydrogen) atoms. The second-order valence-electron chi connectivity index (χ2n) is 3.92. The van der Waals surface area contributed by atoms with Crippen LogP contribution in [-0.2, 0) is 4.74 Å². The van der Waals surface area contributed by atoms with Gasteiger partial charge in [0.15, 0.2) is 6.10 Å². The van der Waals surface area contributed by atoms with E-state index in [2.05, 4.69) is 0 Å². The van der Waals surface area contributed by atoms with Gasteiger partial charge in [0.25, 0.3) is 0 Å². The predicted molar refractivity (Wildman–Crippen MR) is 49.5 cm³/mol. The number of nitrogens with zero attached hydrogens (tertiary/aromatic N) is 2. The third-order valence-corrected chi connectivity index (χ3v) is 3.02. The molecule has 4 heteroatoms. The van der Waals surface area contributed by atoms with Crippen LogP contribution in [0, 0.1) is 11.3 Å². The molecule has 4 nitrogen and oxygen atoms in total. The molecule has 0 aromatic rings. The van der Waals surface area contributed by atoms with Crippen molar-refractivity contribution in [2.45, 2.75) is 44.2 Å². The molecule has 0 N–H and O–H groups in total. The summed E-state index contributed by atoms with van der Waals surface area (Å²) in [6.45, 7) is 0.682. The van der Waals surface area contributed by atoms with Gasteiger partial charge in [0.2, 0.25) is 0 Å². The summed E-state index contributed by atoms with van der Waals surface area (Å²) >= 11 is 0. The van der Waals surface area contributed by atoms with Crippen molar-refractivity contribution in [1.82, 2.24) is 4.90 Å². The minimum atomic E-state index is -0.528. The van der Waals surface area contributed by atoms with Crippen molar-refractivity contribution in [3.05, 3.63) is 0 Å². The summed E-state index contributed by atoms with van der Waals surface area (Å²) in [7, 11) is 0. The van der Waals surface area contributed by atoms with E-state index in [1.54, 1.807) is 4.90 Å². The lowest BCUT2D eigenvalue weighted by Gasteiger charge is -2.33. The van der Waals surface area contributed by atoms with Crippen molar-refractivity contribution >= 4 is 6.09 Å². The van der Waals surface area contributed by atoms with E-state index in [1.807, 2.05) is 6.07 Å². The Kier molecular flexibility index (Phi) is 2.58. The number of amides is 1. The van der Waals surface area contributed by atoms with Crippen LogP contribution in [0.5, 0.6) is 0 Å². The zero-order valence-corrected chi connectivity index (χ0v) is 8.11. The molecule has 0 aromatic heterocycles. The van der Waals surface area contributed by atoms with Gasteiger partial charge in [0.05, 0.1) is 0 Å². The zero-order valence-electron chi connectivity index (χ0n) is 8.11. The Bertz CT molecular complexity index is 266. The topological polar surface area (TPSA) is 53.3 Å². The van der Waals surface area contributed by atoms with Crippen LogP contribution in [0.2, 0.25) is 0 Å². The van der Waals surface area contributed by atoms with E-state index in [0.717, 1.165) is 12.8 Å². The van der Waals surface area contributed by atoms with Gasteiger partial charge in [0, 0.05) is 19.0 Å². The molecule has 1 saturated carbocycles. The number of hydrogen-bond donors (Lipinski definition) is 0. The molecule has 1 aliphatic heterocycles. The second-order valence-corrected chi connectivity index (χ2v) is 3.92. The highest BCUT2D eigenvalue weighted by Gasteiger charge is 2.33. The highest BCUT2D eigenvalue weighted by Crippen LogP contribution is 2.26. The lowest BCUT2D eigenvalue weighted by molar-refractivity contribution is 0.0327. The van der Waals surface area contributed by atoms with E-state index in [-0.39, 0.29) is 6.09 Å². The lowest BCUT2D eigenvalue weighted by Crippen LogP contribution is -2.46. The Morgan fingerprint density at radius 3 is 2.64 bits per heavy atom. The summed E-state index contributed by atoms with van der Waals surface area (Å²) < 4.78 is 4.99. The Morgan fingerprint density at radius 1 is 1.36 bits per heavy atom. The minimum Gasteiger partial charge on any atom is -0.431 e. The van der Waals surface area contributed by atoms with Crippen molar-refractivity contribution in [2.24, 2.45) is 0 Å². The summed E-state index contributed by atoms with van der Waals surface area (Å²) in [5.74, 6) is 0. The van der Waals surface area contributed by atoms with E-state index in [9.17, 15) is 4.79 Å². The predicted octanol–water partition coefficient (Wildman–Crippen LogP) is 1.66. The number of cyclic esters (lactones) is 1. The van der Waals surface area contributed by atoms with Gasteiger partial charge in [-0.05, 0) is 12.8 Å². The van der Waals surface area contributed by atoms with Gasteiger partial charge in [-0.2, -0.15) is 5.26 Å². The highest BCUT2D eigenvalue weighted by molar-refractivity contribution is 5.69. The molecular weight excluding hydrogens is 180 g/mol. The first-order chi connectivity index (χ1) is 6.81. The third-order valence-electron chi connectivity index (χ3n) is 3.02. The summed E-state index contributed by atoms with van der Waals surface area (Å²) in [5.41, 5.74) is 0. The van der Waals surface area contributed by atoms with Gasteiger partial charge in [-0.15, -0.1) is 0 Å². The van der Waals surface area contributed by atoms with Crippen LogP contribution in [0.3, 0.4) is 0 Å². The first kappa shape index (κ1) is 9.32. The highest BCUT2D eigenvalue weighted by atomic mass is 16.6.